The molecule has 6 aromatic carbocycles. The van der Waals surface area contributed by atoms with Gasteiger partial charge in [0.1, 0.15) is 0 Å². The monoisotopic (exact) mass is 577 g/mol. The highest BCUT2D eigenvalue weighted by atomic mass is 15.1. The molecule has 3 heteroatoms. The second-order valence-electron chi connectivity index (χ2n) is 11.7. The number of hydrogen-bond acceptors (Lipinski definition) is 1. The summed E-state index contributed by atoms with van der Waals surface area (Å²) in [5.41, 5.74) is 10.7. The Kier molecular flexibility index (Phi) is 5.95. The third-order valence-corrected chi connectivity index (χ3v) is 9.13. The zero-order valence-corrected chi connectivity index (χ0v) is 24.8. The molecule has 2 heterocycles. The molecule has 0 saturated carbocycles. The lowest BCUT2D eigenvalue weighted by molar-refractivity contribution is 0.996. The van der Waals surface area contributed by atoms with Gasteiger partial charge in [-0.25, -0.2) is 0 Å². The van der Waals surface area contributed by atoms with E-state index in [4.69, 9.17) is 0 Å². The lowest BCUT2D eigenvalue weighted by atomic mass is 10.1. The van der Waals surface area contributed by atoms with Crippen molar-refractivity contribution in [3.63, 3.8) is 0 Å². The maximum atomic E-state index is 2.38. The Balaban J connectivity index is 1.14. The van der Waals surface area contributed by atoms with Crippen LogP contribution in [0.5, 0.6) is 0 Å². The van der Waals surface area contributed by atoms with E-state index in [2.05, 4.69) is 178 Å². The summed E-state index contributed by atoms with van der Waals surface area (Å²) in [7, 11) is 0. The Morgan fingerprint density at radius 3 is 1.13 bits per heavy atom. The number of nitrogens with zero attached hydrogens (tertiary/aromatic N) is 3. The second-order valence-corrected chi connectivity index (χ2v) is 11.7. The van der Waals surface area contributed by atoms with E-state index in [1.807, 2.05) is 0 Å². The first-order chi connectivity index (χ1) is 22.3. The zero-order chi connectivity index (χ0) is 29.7. The van der Waals surface area contributed by atoms with Gasteiger partial charge in [-0.2, -0.15) is 0 Å². The fraction of sp³-hybridized carbons (Fsp3) is 0.0476. The summed E-state index contributed by atoms with van der Waals surface area (Å²) in [6.45, 7) is 0. The van der Waals surface area contributed by atoms with Crippen LogP contribution in [-0.2, 0) is 0 Å². The van der Waals surface area contributed by atoms with Gasteiger partial charge in [-0.1, -0.05) is 84.9 Å². The quantitative estimate of drug-likeness (QED) is 0.198. The standard InChI is InChI=1S/C42H31N3/c1-2-12-30(13-3-1)43(31-22-26-33(27-23-31)44-39-18-8-4-14-35(39)36-15-5-9-19-40(36)44)32-24-28-34(29-25-32)45-41-20-10-6-16-37(41)38-17-7-11-21-42(38)45/h2,4-29H,1,3H2. The van der Waals surface area contributed by atoms with E-state index < -0.39 is 0 Å². The average Bonchev–Trinajstić information content (AvgIpc) is 3.63. The second kappa shape index (κ2) is 10.4. The van der Waals surface area contributed by atoms with Crippen molar-refractivity contribution in [2.75, 3.05) is 4.90 Å². The van der Waals surface area contributed by atoms with Crippen LogP contribution in [0.25, 0.3) is 55.0 Å². The summed E-state index contributed by atoms with van der Waals surface area (Å²) in [5, 5.41) is 5.11. The maximum Gasteiger partial charge on any atom is 0.0541 e. The number of allylic oxidation sites excluding steroid dienone is 3. The fourth-order valence-electron chi connectivity index (χ4n) is 7.12. The summed E-state index contributed by atoms with van der Waals surface area (Å²) in [4.78, 5) is 2.38. The first kappa shape index (κ1) is 25.7. The van der Waals surface area contributed by atoms with Crippen molar-refractivity contribution in [2.45, 2.75) is 12.8 Å². The summed E-state index contributed by atoms with van der Waals surface area (Å²) < 4.78 is 4.75. The van der Waals surface area contributed by atoms with Crippen LogP contribution in [0.15, 0.2) is 170 Å². The Morgan fingerprint density at radius 2 is 0.778 bits per heavy atom. The fourth-order valence-corrected chi connectivity index (χ4v) is 7.12. The normalized spacial score (nSPS) is 13.2. The highest BCUT2D eigenvalue weighted by Crippen LogP contribution is 2.37. The molecule has 0 radical (unpaired) electrons. The summed E-state index contributed by atoms with van der Waals surface area (Å²) >= 11 is 0. The Bertz CT molecular complexity index is 2150. The number of anilines is 2. The van der Waals surface area contributed by atoms with Gasteiger partial charge in [-0.05, 0) is 91.7 Å². The molecule has 0 unspecified atom stereocenters. The molecule has 3 nitrogen and oxygen atoms in total. The van der Waals surface area contributed by atoms with Crippen LogP contribution in [0.3, 0.4) is 0 Å². The first-order valence-electron chi connectivity index (χ1n) is 15.7. The molecule has 1 aliphatic rings. The molecule has 9 rings (SSSR count). The minimum absolute atomic E-state index is 1.04. The number of benzene rings is 6. The van der Waals surface area contributed by atoms with Crippen molar-refractivity contribution in [1.29, 1.82) is 0 Å². The molecule has 0 bridgehead atoms. The van der Waals surface area contributed by atoms with Gasteiger partial charge < -0.3 is 14.0 Å². The summed E-state index contributed by atoms with van der Waals surface area (Å²) in [5.74, 6) is 0. The Hall–Kier alpha value is -5.80. The van der Waals surface area contributed by atoms with Crippen LogP contribution >= 0.6 is 0 Å². The van der Waals surface area contributed by atoms with Gasteiger partial charge in [0, 0.05) is 50.0 Å². The number of aromatic nitrogens is 2. The lowest BCUT2D eigenvalue weighted by Crippen LogP contribution is -2.16. The lowest BCUT2D eigenvalue weighted by Gasteiger charge is -2.28. The topological polar surface area (TPSA) is 13.1 Å². The van der Waals surface area contributed by atoms with Crippen LogP contribution in [0, 0.1) is 0 Å². The molecule has 2 aromatic heterocycles. The van der Waals surface area contributed by atoms with Crippen molar-refractivity contribution in [2.24, 2.45) is 0 Å². The van der Waals surface area contributed by atoms with E-state index in [0.717, 1.165) is 35.6 Å². The Morgan fingerprint density at radius 1 is 0.400 bits per heavy atom. The minimum atomic E-state index is 1.04. The molecule has 8 aromatic rings. The van der Waals surface area contributed by atoms with Gasteiger partial charge in [0.15, 0.2) is 0 Å². The van der Waals surface area contributed by atoms with E-state index in [1.54, 1.807) is 0 Å². The van der Waals surface area contributed by atoms with Crippen molar-refractivity contribution in [3.05, 3.63) is 170 Å². The van der Waals surface area contributed by atoms with Crippen LogP contribution in [0.2, 0.25) is 0 Å². The van der Waals surface area contributed by atoms with Crippen molar-refractivity contribution in [1.82, 2.24) is 9.13 Å². The molecular formula is C42H31N3. The number of hydrogen-bond donors (Lipinski definition) is 0. The van der Waals surface area contributed by atoms with Gasteiger partial charge in [0.05, 0.1) is 22.1 Å². The van der Waals surface area contributed by atoms with Crippen LogP contribution in [0.4, 0.5) is 11.4 Å². The molecule has 0 amide bonds. The molecular weight excluding hydrogens is 546 g/mol. The van der Waals surface area contributed by atoms with Crippen molar-refractivity contribution < 1.29 is 0 Å². The largest absolute Gasteiger partial charge is 0.311 e. The number of fused-ring (bicyclic) bond motifs is 6. The molecule has 45 heavy (non-hydrogen) atoms. The highest BCUT2D eigenvalue weighted by Gasteiger charge is 2.17. The summed E-state index contributed by atoms with van der Waals surface area (Å²) in [6, 6.07) is 52.7. The average molecular weight is 578 g/mol. The molecule has 0 N–H and O–H groups in total. The van der Waals surface area contributed by atoms with Crippen LogP contribution < -0.4 is 4.90 Å². The molecule has 0 atom stereocenters. The van der Waals surface area contributed by atoms with E-state index in [-0.39, 0.29) is 0 Å². The highest BCUT2D eigenvalue weighted by molar-refractivity contribution is 6.10. The first-order valence-corrected chi connectivity index (χ1v) is 15.7. The zero-order valence-electron chi connectivity index (χ0n) is 24.8. The van der Waals surface area contributed by atoms with Crippen molar-refractivity contribution >= 4 is 55.0 Å². The third-order valence-electron chi connectivity index (χ3n) is 9.13. The van der Waals surface area contributed by atoms with Gasteiger partial charge in [0.2, 0.25) is 0 Å². The van der Waals surface area contributed by atoms with Gasteiger partial charge >= 0.3 is 0 Å². The Labute approximate surface area is 262 Å². The van der Waals surface area contributed by atoms with Crippen LogP contribution in [-0.4, -0.2) is 9.13 Å². The van der Waals surface area contributed by atoms with Gasteiger partial charge in [-0.3, -0.25) is 0 Å². The van der Waals surface area contributed by atoms with E-state index in [9.17, 15) is 0 Å². The molecule has 0 fully saturated rings. The molecule has 0 saturated heterocycles. The number of rotatable bonds is 5. The molecule has 0 spiro atoms. The molecule has 0 aliphatic heterocycles. The summed E-state index contributed by atoms with van der Waals surface area (Å²) in [6.07, 6.45) is 9.01. The molecule has 1 aliphatic carbocycles. The third kappa shape index (κ3) is 4.12. The van der Waals surface area contributed by atoms with E-state index in [0.29, 0.717) is 0 Å². The molecule has 214 valence electrons. The number of para-hydroxylation sites is 4. The van der Waals surface area contributed by atoms with Gasteiger partial charge in [0.25, 0.3) is 0 Å². The minimum Gasteiger partial charge on any atom is -0.311 e. The maximum absolute atomic E-state index is 2.38. The predicted octanol–water partition coefficient (Wildman–Crippen LogP) is 11.3. The predicted molar refractivity (Wildman–Crippen MR) is 190 cm³/mol. The van der Waals surface area contributed by atoms with Gasteiger partial charge in [-0.15, -0.1) is 0 Å². The van der Waals surface area contributed by atoms with Crippen LogP contribution in [0.1, 0.15) is 12.8 Å². The smallest absolute Gasteiger partial charge is 0.0541 e. The van der Waals surface area contributed by atoms with E-state index >= 15 is 0 Å². The van der Waals surface area contributed by atoms with Crippen molar-refractivity contribution in [3.8, 4) is 11.4 Å². The SMILES string of the molecule is C1=CC(N(c2ccc(-n3c4ccccc4c4ccccc43)cc2)c2ccc(-n3c4ccccc4c4ccccc43)cc2)=CCC1. The van der Waals surface area contributed by atoms with E-state index in [1.165, 1.54) is 49.3 Å².